The zero-order chi connectivity index (χ0) is 14.8. The average molecular weight is 286 g/mol. The Balaban J connectivity index is 1.98. The Kier molecular flexibility index (Phi) is 3.90. The third-order valence-electron chi connectivity index (χ3n) is 4.12. The lowest BCUT2D eigenvalue weighted by atomic mass is 9.96. The molecular weight excluding hydrogens is 264 g/mol. The van der Waals surface area contributed by atoms with Crippen LogP contribution in [-0.2, 0) is 0 Å². The summed E-state index contributed by atoms with van der Waals surface area (Å²) in [5.41, 5.74) is 0.700. The van der Waals surface area contributed by atoms with Crippen LogP contribution in [0, 0.1) is 0 Å². The SMILES string of the molecule is CC(C)n1c(=O)ccc2cnc(NC3CCCCC3)nc21. The molecule has 0 aliphatic heterocycles. The van der Waals surface area contributed by atoms with E-state index in [9.17, 15) is 4.79 Å². The number of fused-ring (bicyclic) bond motifs is 1. The Morgan fingerprint density at radius 2 is 2.00 bits per heavy atom. The van der Waals surface area contributed by atoms with Crippen LogP contribution in [0.2, 0.25) is 0 Å². The fourth-order valence-electron chi connectivity index (χ4n) is 3.04. The van der Waals surface area contributed by atoms with E-state index in [-0.39, 0.29) is 11.6 Å². The molecule has 3 rings (SSSR count). The summed E-state index contributed by atoms with van der Waals surface area (Å²) in [5.74, 6) is 0.634. The molecule has 0 amide bonds. The van der Waals surface area contributed by atoms with E-state index < -0.39 is 0 Å². The van der Waals surface area contributed by atoms with Gasteiger partial charge in [0, 0.05) is 29.7 Å². The normalized spacial score (nSPS) is 16.5. The molecule has 21 heavy (non-hydrogen) atoms. The van der Waals surface area contributed by atoms with Crippen LogP contribution < -0.4 is 10.9 Å². The van der Waals surface area contributed by atoms with Crippen LogP contribution in [0.25, 0.3) is 11.0 Å². The van der Waals surface area contributed by atoms with E-state index >= 15 is 0 Å². The molecule has 1 N–H and O–H groups in total. The van der Waals surface area contributed by atoms with Crippen molar-refractivity contribution < 1.29 is 0 Å². The number of nitrogens with zero attached hydrogens (tertiary/aromatic N) is 3. The second kappa shape index (κ2) is 5.84. The van der Waals surface area contributed by atoms with Gasteiger partial charge in [-0.05, 0) is 32.8 Å². The molecule has 1 fully saturated rings. The van der Waals surface area contributed by atoms with Crippen molar-refractivity contribution >= 4 is 17.0 Å². The smallest absolute Gasteiger partial charge is 0.252 e. The topological polar surface area (TPSA) is 59.8 Å². The van der Waals surface area contributed by atoms with Gasteiger partial charge in [0.15, 0.2) is 0 Å². The average Bonchev–Trinajstić information content (AvgIpc) is 2.47. The molecule has 2 heterocycles. The maximum absolute atomic E-state index is 12.1. The Morgan fingerprint density at radius 3 is 2.71 bits per heavy atom. The van der Waals surface area contributed by atoms with E-state index in [0.29, 0.717) is 17.6 Å². The summed E-state index contributed by atoms with van der Waals surface area (Å²) >= 11 is 0. The van der Waals surface area contributed by atoms with Crippen LogP contribution >= 0.6 is 0 Å². The summed E-state index contributed by atoms with van der Waals surface area (Å²) in [6, 6.07) is 3.92. The molecule has 0 unspecified atom stereocenters. The molecule has 2 aromatic heterocycles. The molecule has 0 bridgehead atoms. The van der Waals surface area contributed by atoms with Gasteiger partial charge in [0.1, 0.15) is 5.65 Å². The minimum absolute atomic E-state index is 0.0141. The van der Waals surface area contributed by atoms with Gasteiger partial charge in [0.05, 0.1) is 0 Å². The summed E-state index contributed by atoms with van der Waals surface area (Å²) < 4.78 is 1.73. The standard InChI is InChI=1S/C16H22N4O/c1-11(2)20-14(21)9-8-12-10-17-16(19-15(12)20)18-13-6-4-3-5-7-13/h8-11,13H,3-7H2,1-2H3,(H,17,18,19). The van der Waals surface area contributed by atoms with Crippen molar-refractivity contribution in [2.75, 3.05) is 5.32 Å². The van der Waals surface area contributed by atoms with Gasteiger partial charge >= 0.3 is 0 Å². The van der Waals surface area contributed by atoms with Gasteiger partial charge < -0.3 is 5.32 Å². The minimum atomic E-state index is -0.0141. The van der Waals surface area contributed by atoms with E-state index in [2.05, 4.69) is 15.3 Å². The van der Waals surface area contributed by atoms with Crippen LogP contribution in [0.1, 0.15) is 52.0 Å². The fraction of sp³-hybridized carbons (Fsp3) is 0.562. The van der Waals surface area contributed by atoms with Crippen molar-refractivity contribution in [3.05, 3.63) is 28.7 Å². The number of hydrogen-bond donors (Lipinski definition) is 1. The van der Waals surface area contributed by atoms with Crippen molar-refractivity contribution in [1.82, 2.24) is 14.5 Å². The maximum Gasteiger partial charge on any atom is 0.252 e. The van der Waals surface area contributed by atoms with Crippen molar-refractivity contribution in [2.45, 2.75) is 58.0 Å². The lowest BCUT2D eigenvalue weighted by molar-refractivity contribution is 0.461. The minimum Gasteiger partial charge on any atom is -0.351 e. The first kappa shape index (κ1) is 14.0. The number of nitrogens with one attached hydrogen (secondary N) is 1. The summed E-state index contributed by atoms with van der Waals surface area (Å²) in [6.07, 6.45) is 8.00. The summed E-state index contributed by atoms with van der Waals surface area (Å²) in [4.78, 5) is 21.0. The molecular formula is C16H22N4O. The summed E-state index contributed by atoms with van der Waals surface area (Å²) in [7, 11) is 0. The van der Waals surface area contributed by atoms with E-state index in [4.69, 9.17) is 0 Å². The number of rotatable bonds is 3. The molecule has 1 aliphatic carbocycles. The number of anilines is 1. The molecule has 0 spiro atoms. The molecule has 1 saturated carbocycles. The second-order valence-corrected chi connectivity index (χ2v) is 6.09. The van der Waals surface area contributed by atoms with E-state index in [0.717, 1.165) is 5.39 Å². The lowest BCUT2D eigenvalue weighted by Gasteiger charge is -2.23. The number of pyridine rings is 1. The zero-order valence-electron chi connectivity index (χ0n) is 12.7. The molecule has 112 valence electrons. The zero-order valence-corrected chi connectivity index (χ0v) is 12.7. The molecule has 0 atom stereocenters. The van der Waals surface area contributed by atoms with Crippen LogP contribution in [-0.4, -0.2) is 20.6 Å². The van der Waals surface area contributed by atoms with Crippen LogP contribution in [0.4, 0.5) is 5.95 Å². The first-order chi connectivity index (χ1) is 10.1. The highest BCUT2D eigenvalue weighted by molar-refractivity contribution is 5.75. The van der Waals surface area contributed by atoms with Gasteiger partial charge in [0.2, 0.25) is 5.95 Å². The lowest BCUT2D eigenvalue weighted by Crippen LogP contribution is -2.25. The first-order valence-corrected chi connectivity index (χ1v) is 7.80. The van der Waals surface area contributed by atoms with E-state index in [1.165, 1.54) is 32.1 Å². The van der Waals surface area contributed by atoms with Gasteiger partial charge in [0.25, 0.3) is 5.56 Å². The van der Waals surface area contributed by atoms with Gasteiger partial charge in [-0.3, -0.25) is 9.36 Å². The Hall–Kier alpha value is -1.91. The van der Waals surface area contributed by atoms with Gasteiger partial charge in [-0.25, -0.2) is 4.98 Å². The monoisotopic (exact) mass is 286 g/mol. The summed E-state index contributed by atoms with van der Waals surface area (Å²) in [5, 5.41) is 4.32. The molecule has 0 aromatic carbocycles. The maximum atomic E-state index is 12.1. The number of hydrogen-bond acceptors (Lipinski definition) is 4. The largest absolute Gasteiger partial charge is 0.351 e. The highest BCUT2D eigenvalue weighted by atomic mass is 16.1. The highest BCUT2D eigenvalue weighted by Crippen LogP contribution is 2.21. The first-order valence-electron chi connectivity index (χ1n) is 7.80. The molecule has 5 heteroatoms. The van der Waals surface area contributed by atoms with Crippen molar-refractivity contribution in [3.8, 4) is 0 Å². The predicted octanol–water partition coefficient (Wildman–Crippen LogP) is 3.12. The molecule has 0 radical (unpaired) electrons. The van der Waals surface area contributed by atoms with Crippen LogP contribution in [0.5, 0.6) is 0 Å². The van der Waals surface area contributed by atoms with Gasteiger partial charge in [-0.2, -0.15) is 4.98 Å². The quantitative estimate of drug-likeness (QED) is 0.941. The highest BCUT2D eigenvalue weighted by Gasteiger charge is 2.15. The fourth-order valence-corrected chi connectivity index (χ4v) is 3.04. The molecule has 2 aromatic rings. The van der Waals surface area contributed by atoms with Crippen LogP contribution in [0.3, 0.4) is 0 Å². The third kappa shape index (κ3) is 2.91. The molecule has 1 aliphatic rings. The van der Waals surface area contributed by atoms with Crippen molar-refractivity contribution in [1.29, 1.82) is 0 Å². The molecule has 5 nitrogen and oxygen atoms in total. The van der Waals surface area contributed by atoms with Crippen molar-refractivity contribution in [2.24, 2.45) is 0 Å². The third-order valence-corrected chi connectivity index (χ3v) is 4.12. The second-order valence-electron chi connectivity index (χ2n) is 6.09. The predicted molar refractivity (Wildman–Crippen MR) is 84.7 cm³/mol. The van der Waals surface area contributed by atoms with E-state index in [1.807, 2.05) is 13.8 Å². The number of aromatic nitrogens is 3. The van der Waals surface area contributed by atoms with Gasteiger partial charge in [-0.15, -0.1) is 0 Å². The van der Waals surface area contributed by atoms with E-state index in [1.54, 1.807) is 22.9 Å². The Labute approximate surface area is 124 Å². The molecule has 0 saturated heterocycles. The van der Waals surface area contributed by atoms with Gasteiger partial charge in [-0.1, -0.05) is 19.3 Å². The summed E-state index contributed by atoms with van der Waals surface area (Å²) in [6.45, 7) is 3.99. The van der Waals surface area contributed by atoms with Crippen molar-refractivity contribution in [3.63, 3.8) is 0 Å². The Morgan fingerprint density at radius 1 is 1.24 bits per heavy atom. The van der Waals surface area contributed by atoms with Crippen LogP contribution in [0.15, 0.2) is 23.1 Å². The Bertz CT molecular complexity index is 686.